The van der Waals surface area contributed by atoms with Crippen molar-refractivity contribution in [3.63, 3.8) is 0 Å². The van der Waals surface area contributed by atoms with E-state index in [2.05, 4.69) is 4.98 Å². The van der Waals surface area contributed by atoms with Crippen molar-refractivity contribution in [2.24, 2.45) is 0 Å². The zero-order valence-electron chi connectivity index (χ0n) is 6.58. The van der Waals surface area contributed by atoms with Gasteiger partial charge in [0.1, 0.15) is 0 Å². The van der Waals surface area contributed by atoms with Gasteiger partial charge in [0, 0.05) is 6.20 Å². The Bertz CT molecular complexity index is 335. The molecule has 76 valence electrons. The number of hydrazine groups is 1. The molecule has 0 amide bonds. The lowest BCUT2D eigenvalue weighted by atomic mass is 10.3. The Hall–Kier alpha value is -1.86. The lowest BCUT2D eigenvalue weighted by molar-refractivity contribution is -0.445. The number of halogens is 3. The van der Waals surface area contributed by atoms with Gasteiger partial charge in [-0.3, -0.25) is 0 Å². The monoisotopic (exact) mass is 207 g/mol. The van der Waals surface area contributed by atoms with Gasteiger partial charge in [-0.1, -0.05) is 5.43 Å². The number of nitrogens with zero attached hydrogens (tertiary/aromatic N) is 2. The fraction of sp³-hybridized carbons (Fsp3) is 0.167. The third-order valence-electron chi connectivity index (χ3n) is 1.30. The molecule has 0 aromatic carbocycles. The van der Waals surface area contributed by atoms with Crippen molar-refractivity contribution in [2.75, 3.05) is 5.43 Å². The normalized spacial score (nSPS) is 11.1. The minimum atomic E-state index is -4.49. The number of hydrogen-bond donors (Lipinski definition) is 1. The van der Waals surface area contributed by atoms with E-state index in [1.165, 1.54) is 0 Å². The molecular formula is C6H4F3N3O2. The maximum atomic E-state index is 12.0. The van der Waals surface area contributed by atoms with Gasteiger partial charge in [0.2, 0.25) is 0 Å². The van der Waals surface area contributed by atoms with Crippen LogP contribution >= 0.6 is 0 Å². The molecule has 0 saturated heterocycles. The topological polar surface area (TPSA) is 68.1 Å². The molecule has 0 aliphatic carbocycles. The van der Waals surface area contributed by atoms with Crippen molar-refractivity contribution in [3.8, 4) is 0 Å². The molecule has 0 aliphatic heterocycles. The summed E-state index contributed by atoms with van der Waals surface area (Å²) >= 11 is 0. The van der Waals surface area contributed by atoms with Gasteiger partial charge in [0.25, 0.3) is 0 Å². The summed E-state index contributed by atoms with van der Waals surface area (Å²) in [6, 6.07) is 1.59. The van der Waals surface area contributed by atoms with Crippen LogP contribution in [0.2, 0.25) is 0 Å². The second-order valence-electron chi connectivity index (χ2n) is 2.30. The van der Waals surface area contributed by atoms with Crippen LogP contribution in [0.25, 0.3) is 0 Å². The molecule has 1 N–H and O–H groups in total. The van der Waals surface area contributed by atoms with Crippen LogP contribution in [0.15, 0.2) is 18.3 Å². The zero-order chi connectivity index (χ0) is 10.8. The zero-order valence-corrected chi connectivity index (χ0v) is 6.58. The summed E-state index contributed by atoms with van der Waals surface area (Å²) < 4.78 is 36.0. The Labute approximate surface area is 75.7 Å². The SMILES string of the molecule is O=[N+]([O-])Nc1ccc(C(F)(F)F)cn1. The lowest BCUT2D eigenvalue weighted by Crippen LogP contribution is -2.10. The molecule has 0 unspecified atom stereocenters. The number of nitrogens with one attached hydrogen (secondary N) is 1. The van der Waals surface area contributed by atoms with Gasteiger partial charge in [-0.15, -0.1) is 0 Å². The first kappa shape index (κ1) is 10.2. The van der Waals surface area contributed by atoms with Crippen molar-refractivity contribution in [1.82, 2.24) is 4.98 Å². The molecule has 1 aromatic rings. The average molecular weight is 207 g/mol. The van der Waals surface area contributed by atoms with Crippen LogP contribution in [0.5, 0.6) is 0 Å². The molecule has 1 heterocycles. The van der Waals surface area contributed by atoms with E-state index in [1.54, 1.807) is 5.43 Å². The van der Waals surface area contributed by atoms with Gasteiger partial charge in [-0.05, 0) is 12.1 Å². The number of rotatable bonds is 2. The fourth-order valence-corrected chi connectivity index (χ4v) is 0.721. The number of alkyl halides is 3. The number of nitro groups is 1. The quantitative estimate of drug-likeness (QED) is 0.592. The number of pyridine rings is 1. The smallest absolute Gasteiger partial charge is 0.234 e. The fourth-order valence-electron chi connectivity index (χ4n) is 0.721. The molecule has 0 bridgehead atoms. The molecule has 0 atom stereocenters. The lowest BCUT2D eigenvalue weighted by Gasteiger charge is -2.05. The molecule has 0 spiro atoms. The van der Waals surface area contributed by atoms with Gasteiger partial charge in [0.15, 0.2) is 10.9 Å². The predicted octanol–water partition coefficient (Wildman–Crippen LogP) is 1.70. The highest BCUT2D eigenvalue weighted by Gasteiger charge is 2.30. The van der Waals surface area contributed by atoms with E-state index in [4.69, 9.17) is 0 Å². The average Bonchev–Trinajstić information content (AvgIpc) is 2.02. The van der Waals surface area contributed by atoms with Crippen LogP contribution in [0.3, 0.4) is 0 Å². The van der Waals surface area contributed by atoms with Crippen LogP contribution in [0.4, 0.5) is 19.0 Å². The van der Waals surface area contributed by atoms with E-state index in [-0.39, 0.29) is 5.82 Å². The van der Waals surface area contributed by atoms with E-state index in [1.807, 2.05) is 0 Å². The highest BCUT2D eigenvalue weighted by atomic mass is 19.4. The molecule has 0 aliphatic rings. The van der Waals surface area contributed by atoms with Crippen LogP contribution in [0, 0.1) is 10.1 Å². The first-order valence-electron chi connectivity index (χ1n) is 3.34. The van der Waals surface area contributed by atoms with Gasteiger partial charge < -0.3 is 0 Å². The summed E-state index contributed by atoms with van der Waals surface area (Å²) in [6.07, 6.45) is -3.97. The van der Waals surface area contributed by atoms with Crippen LogP contribution in [-0.2, 0) is 6.18 Å². The Kier molecular flexibility index (Phi) is 2.54. The number of aromatic nitrogens is 1. The first-order chi connectivity index (χ1) is 6.39. The van der Waals surface area contributed by atoms with E-state index >= 15 is 0 Å². The predicted molar refractivity (Wildman–Crippen MR) is 39.9 cm³/mol. The standard InChI is InChI=1S/C6H4F3N3O2/c7-6(8,9)4-1-2-5(10-3-4)11-12(13)14/h1-3H,(H,10,11). The third-order valence-corrected chi connectivity index (χ3v) is 1.30. The summed E-state index contributed by atoms with van der Waals surface area (Å²) in [4.78, 5) is 13.1. The second kappa shape index (κ2) is 3.48. The van der Waals surface area contributed by atoms with Crippen molar-refractivity contribution in [2.45, 2.75) is 6.18 Å². The molecule has 1 aromatic heterocycles. The largest absolute Gasteiger partial charge is 0.417 e. The van der Waals surface area contributed by atoms with Crippen molar-refractivity contribution in [1.29, 1.82) is 0 Å². The van der Waals surface area contributed by atoms with Crippen LogP contribution in [-0.4, -0.2) is 10.0 Å². The molecular weight excluding hydrogens is 203 g/mol. The van der Waals surface area contributed by atoms with Gasteiger partial charge in [-0.2, -0.15) is 13.2 Å². The minimum Gasteiger partial charge on any atom is -0.234 e. The van der Waals surface area contributed by atoms with E-state index in [9.17, 15) is 23.3 Å². The summed E-state index contributed by atoms with van der Waals surface area (Å²) in [5.41, 5.74) is 0.675. The summed E-state index contributed by atoms with van der Waals surface area (Å²) in [5, 5.41) is 8.98. The maximum absolute atomic E-state index is 12.0. The Morgan fingerprint density at radius 3 is 2.43 bits per heavy atom. The maximum Gasteiger partial charge on any atom is 0.417 e. The van der Waals surface area contributed by atoms with Gasteiger partial charge >= 0.3 is 6.18 Å². The molecule has 0 fully saturated rings. The summed E-state index contributed by atoms with van der Waals surface area (Å²) in [5.74, 6) is -0.247. The van der Waals surface area contributed by atoms with Crippen LogP contribution in [0.1, 0.15) is 5.56 Å². The summed E-state index contributed by atoms with van der Waals surface area (Å²) in [6.45, 7) is 0. The molecule has 0 saturated carbocycles. The third kappa shape index (κ3) is 2.57. The van der Waals surface area contributed by atoms with Crippen LogP contribution < -0.4 is 5.43 Å². The van der Waals surface area contributed by atoms with Crippen molar-refractivity contribution < 1.29 is 18.2 Å². The summed E-state index contributed by atoms with van der Waals surface area (Å²) in [7, 11) is 0. The highest BCUT2D eigenvalue weighted by Crippen LogP contribution is 2.28. The van der Waals surface area contributed by atoms with Crippen molar-refractivity contribution in [3.05, 3.63) is 34.0 Å². The highest BCUT2D eigenvalue weighted by molar-refractivity contribution is 5.33. The Morgan fingerprint density at radius 2 is 2.07 bits per heavy atom. The molecule has 8 heteroatoms. The molecule has 1 rings (SSSR count). The number of anilines is 1. The van der Waals surface area contributed by atoms with E-state index in [0.717, 1.165) is 6.07 Å². The first-order valence-corrected chi connectivity index (χ1v) is 3.34. The Morgan fingerprint density at radius 1 is 1.43 bits per heavy atom. The van der Waals surface area contributed by atoms with Gasteiger partial charge in [-0.25, -0.2) is 15.1 Å². The van der Waals surface area contributed by atoms with Gasteiger partial charge in [0.05, 0.1) is 5.56 Å². The second-order valence-corrected chi connectivity index (χ2v) is 2.30. The molecule has 14 heavy (non-hydrogen) atoms. The molecule has 5 nitrogen and oxygen atoms in total. The van der Waals surface area contributed by atoms with E-state index in [0.29, 0.717) is 12.3 Å². The van der Waals surface area contributed by atoms with Crippen molar-refractivity contribution >= 4 is 5.82 Å². The molecule has 0 radical (unpaired) electrons. The van der Waals surface area contributed by atoms with E-state index < -0.39 is 16.8 Å². The minimum absolute atomic E-state index is 0.247. The Balaban J connectivity index is 2.84. The number of hydrogen-bond acceptors (Lipinski definition) is 3.